The molecule has 1 N–H and O–H groups in total. The Labute approximate surface area is 167 Å². The summed E-state index contributed by atoms with van der Waals surface area (Å²) < 4.78 is 102. The van der Waals surface area contributed by atoms with Crippen LogP contribution in [0.3, 0.4) is 0 Å². The monoisotopic (exact) mass is 457 g/mol. The van der Waals surface area contributed by atoms with Gasteiger partial charge in [0.2, 0.25) is 0 Å². The molecule has 1 aliphatic heterocycles. The summed E-state index contributed by atoms with van der Waals surface area (Å²) in [6.45, 7) is 0. The summed E-state index contributed by atoms with van der Waals surface area (Å²) in [5, 5.41) is 6.32. The summed E-state index contributed by atoms with van der Waals surface area (Å²) in [5.41, 5.74) is -5.15. The molecule has 2 atom stereocenters. The number of nitrogens with zero attached hydrogens (tertiary/aromatic N) is 2. The molecule has 14 heteroatoms. The van der Waals surface area contributed by atoms with Crippen molar-refractivity contribution in [1.82, 2.24) is 9.78 Å². The first kappa shape index (κ1) is 21.9. The molecule has 0 radical (unpaired) electrons. The number of halogens is 5. The minimum atomic E-state index is -5.99. The zero-order valence-electron chi connectivity index (χ0n) is 15.5. The third-order valence-corrected chi connectivity index (χ3v) is 5.36. The van der Waals surface area contributed by atoms with Crippen molar-refractivity contribution in [2.75, 3.05) is 19.5 Å². The zero-order valence-corrected chi connectivity index (χ0v) is 16.3. The second-order valence-corrected chi connectivity index (χ2v) is 7.78. The Hall–Kier alpha value is -2.77. The maximum Gasteiger partial charge on any atom is 0.534 e. The second-order valence-electron chi connectivity index (χ2n) is 6.24. The highest BCUT2D eigenvalue weighted by Gasteiger charge is 2.49. The molecule has 2 heterocycles. The van der Waals surface area contributed by atoms with Crippen molar-refractivity contribution in [2.24, 2.45) is 0 Å². The molecule has 0 saturated heterocycles. The number of hydrogen-bond acceptors (Lipinski definition) is 7. The quantitative estimate of drug-likeness (QED) is 0.403. The molecule has 0 aliphatic carbocycles. The largest absolute Gasteiger partial charge is 0.534 e. The van der Waals surface area contributed by atoms with Gasteiger partial charge in [-0.2, -0.15) is 21.6 Å². The molecule has 0 fully saturated rings. The van der Waals surface area contributed by atoms with Crippen molar-refractivity contribution in [1.29, 1.82) is 0 Å². The number of ether oxygens (including phenoxy) is 2. The minimum Gasteiger partial charge on any atom is -0.493 e. The van der Waals surface area contributed by atoms with Crippen LogP contribution in [0.2, 0.25) is 0 Å². The van der Waals surface area contributed by atoms with Crippen LogP contribution in [-0.2, 0) is 10.1 Å². The molecule has 1 aromatic carbocycles. The molecule has 1 aliphatic rings. The highest BCUT2D eigenvalue weighted by molar-refractivity contribution is 7.87. The first-order chi connectivity index (χ1) is 14.0. The van der Waals surface area contributed by atoms with Crippen LogP contribution in [-0.4, -0.2) is 44.4 Å². The van der Waals surface area contributed by atoms with Gasteiger partial charge in [0.25, 0.3) is 12.3 Å². The van der Waals surface area contributed by atoms with Gasteiger partial charge in [-0.15, -0.1) is 5.10 Å². The van der Waals surface area contributed by atoms with Crippen LogP contribution < -0.4 is 19.0 Å². The van der Waals surface area contributed by atoms with E-state index in [-0.39, 0.29) is 12.2 Å². The number of aromatic nitrogens is 2. The van der Waals surface area contributed by atoms with Gasteiger partial charge in [0.05, 0.1) is 20.3 Å². The molecule has 30 heavy (non-hydrogen) atoms. The van der Waals surface area contributed by atoms with E-state index in [4.69, 9.17) is 9.47 Å². The maximum absolute atomic E-state index is 13.6. The fourth-order valence-corrected chi connectivity index (χ4v) is 3.41. The third kappa shape index (κ3) is 4.08. The number of hydrogen-bond donors (Lipinski definition) is 1. The van der Waals surface area contributed by atoms with Gasteiger partial charge in [0.1, 0.15) is 11.9 Å². The van der Waals surface area contributed by atoms with Crippen molar-refractivity contribution in [2.45, 2.75) is 30.4 Å². The summed E-state index contributed by atoms with van der Waals surface area (Å²) in [6.07, 6.45) is -3.12. The van der Waals surface area contributed by atoms with E-state index in [0.29, 0.717) is 21.7 Å². The summed E-state index contributed by atoms with van der Waals surface area (Å²) in [6, 6.07) is 3.33. The lowest BCUT2D eigenvalue weighted by Gasteiger charge is -2.32. The van der Waals surface area contributed by atoms with E-state index in [0.717, 1.165) is 6.07 Å². The van der Waals surface area contributed by atoms with Crippen LogP contribution in [0.15, 0.2) is 24.3 Å². The molecule has 3 rings (SSSR count). The van der Waals surface area contributed by atoms with Gasteiger partial charge in [0, 0.05) is 6.07 Å². The van der Waals surface area contributed by atoms with Gasteiger partial charge < -0.3 is 19.0 Å². The fraction of sp³-hybridized carbons (Fsp3) is 0.438. The molecule has 0 amide bonds. The Kier molecular flexibility index (Phi) is 5.71. The predicted molar refractivity (Wildman–Crippen MR) is 93.4 cm³/mol. The van der Waals surface area contributed by atoms with Crippen molar-refractivity contribution in [3.8, 4) is 17.4 Å². The third-order valence-electron chi connectivity index (χ3n) is 4.41. The summed E-state index contributed by atoms with van der Waals surface area (Å²) in [4.78, 5) is 0. The minimum absolute atomic E-state index is 0.126. The van der Waals surface area contributed by atoms with Gasteiger partial charge in [-0.1, -0.05) is 6.07 Å². The van der Waals surface area contributed by atoms with E-state index in [2.05, 4.69) is 14.6 Å². The van der Waals surface area contributed by atoms with Crippen molar-refractivity contribution in [3.63, 3.8) is 0 Å². The Morgan fingerprint density at radius 2 is 1.83 bits per heavy atom. The van der Waals surface area contributed by atoms with Gasteiger partial charge in [-0.25, -0.2) is 13.5 Å². The van der Waals surface area contributed by atoms with Gasteiger partial charge >= 0.3 is 15.6 Å². The predicted octanol–water partition coefficient (Wildman–Crippen LogP) is 3.49. The van der Waals surface area contributed by atoms with Gasteiger partial charge in [-0.3, -0.25) is 0 Å². The van der Waals surface area contributed by atoms with Crippen LogP contribution in [0.1, 0.15) is 24.1 Å². The lowest BCUT2D eigenvalue weighted by atomic mass is 9.97. The topological polar surface area (TPSA) is 91.7 Å². The fourth-order valence-electron chi connectivity index (χ4n) is 3.01. The lowest BCUT2D eigenvalue weighted by molar-refractivity contribution is -0.0501. The Morgan fingerprint density at radius 1 is 1.17 bits per heavy atom. The number of fused-ring (bicyclic) bond motifs is 1. The summed E-state index contributed by atoms with van der Waals surface area (Å²) >= 11 is 0. The van der Waals surface area contributed by atoms with E-state index < -0.39 is 40.0 Å². The normalized spacial score (nSPS) is 19.2. The first-order valence-electron chi connectivity index (χ1n) is 8.33. The second kappa shape index (κ2) is 7.81. The van der Waals surface area contributed by atoms with Gasteiger partial charge in [0.15, 0.2) is 11.5 Å². The van der Waals surface area contributed by atoms with E-state index in [1.807, 2.05) is 0 Å². The summed E-state index contributed by atoms with van der Waals surface area (Å²) in [7, 11) is -3.16. The Bertz CT molecular complexity index is 1020. The number of alkyl halides is 5. The molecule has 0 saturated carbocycles. The molecule has 0 spiro atoms. The zero-order chi connectivity index (χ0) is 22.3. The average Bonchev–Trinajstić information content (AvgIpc) is 3.06. The van der Waals surface area contributed by atoms with E-state index >= 15 is 0 Å². The van der Waals surface area contributed by atoms with Crippen LogP contribution >= 0.6 is 0 Å². The number of benzene rings is 1. The Morgan fingerprint density at radius 3 is 2.40 bits per heavy atom. The van der Waals surface area contributed by atoms with Crippen molar-refractivity contribution in [3.05, 3.63) is 29.8 Å². The Balaban J connectivity index is 1.95. The van der Waals surface area contributed by atoms with Gasteiger partial charge in [-0.05, 0) is 24.1 Å². The van der Waals surface area contributed by atoms with Crippen LogP contribution in [0, 0.1) is 0 Å². The van der Waals surface area contributed by atoms with E-state index in [1.165, 1.54) is 14.2 Å². The highest BCUT2D eigenvalue weighted by Crippen LogP contribution is 2.41. The number of methoxy groups -OCH3 is 2. The van der Waals surface area contributed by atoms with Crippen molar-refractivity contribution < 1.29 is 44.0 Å². The maximum atomic E-state index is 13.6. The molecular formula is C16H16F5N3O5S. The molecule has 166 valence electrons. The number of rotatable bonds is 6. The standard InChI is InChI=1S/C16H16F5N3O5S/c1-27-11-4-3-8(5-12(11)28-2)9-6-10(15(17)18)24-13(22-9)7-14(23-24)29-30(25,26)16(19,20)21/h3-5,7,9-10,15,22H,6H2,1-2H3. The molecule has 0 bridgehead atoms. The smallest absolute Gasteiger partial charge is 0.493 e. The van der Waals surface area contributed by atoms with E-state index in [1.54, 1.807) is 18.2 Å². The van der Waals surface area contributed by atoms with Crippen LogP contribution in [0.5, 0.6) is 17.4 Å². The highest BCUT2D eigenvalue weighted by atomic mass is 32.2. The molecular weight excluding hydrogens is 441 g/mol. The molecule has 8 nitrogen and oxygen atoms in total. The average molecular weight is 457 g/mol. The summed E-state index contributed by atoms with van der Waals surface area (Å²) in [5.74, 6) is -0.336. The molecule has 2 aromatic rings. The van der Waals surface area contributed by atoms with Crippen molar-refractivity contribution >= 4 is 15.9 Å². The number of anilines is 1. The first-order valence-corrected chi connectivity index (χ1v) is 9.74. The lowest BCUT2D eigenvalue weighted by Crippen LogP contribution is -2.31. The molecule has 1 aromatic heterocycles. The SMILES string of the molecule is COc1ccc(C2CC(C(F)F)n3nc(OS(=O)(=O)C(F)(F)F)cc3N2)cc1OC. The van der Waals surface area contributed by atoms with Crippen LogP contribution in [0.4, 0.5) is 27.8 Å². The number of nitrogens with one attached hydrogen (secondary N) is 1. The van der Waals surface area contributed by atoms with E-state index in [9.17, 15) is 30.4 Å². The van der Waals surface area contributed by atoms with Crippen LogP contribution in [0.25, 0.3) is 0 Å². The molecule has 2 unspecified atom stereocenters.